The van der Waals surface area contributed by atoms with Gasteiger partial charge in [-0.25, -0.2) is 0 Å². The minimum Gasteiger partial charge on any atom is -0.492 e. The maximum Gasteiger partial charge on any atom is 0.251 e. The Bertz CT molecular complexity index is 749. The van der Waals surface area contributed by atoms with Crippen LogP contribution >= 0.6 is 24.0 Å². The van der Waals surface area contributed by atoms with E-state index in [0.29, 0.717) is 38.6 Å². The van der Waals surface area contributed by atoms with Crippen molar-refractivity contribution in [2.45, 2.75) is 18.9 Å². The molecule has 4 rings (SSSR count). The van der Waals surface area contributed by atoms with Crippen molar-refractivity contribution < 1.29 is 23.7 Å². The summed E-state index contributed by atoms with van der Waals surface area (Å²) < 4.78 is 22.0. The number of fused-ring (bicyclic) bond motifs is 1. The van der Waals surface area contributed by atoms with Gasteiger partial charge in [0.15, 0.2) is 17.5 Å². The van der Waals surface area contributed by atoms with Gasteiger partial charge < -0.3 is 34.1 Å². The molecule has 9 nitrogen and oxygen atoms in total. The van der Waals surface area contributed by atoms with Gasteiger partial charge in [-0.05, 0) is 25.0 Å². The van der Waals surface area contributed by atoms with Gasteiger partial charge in [0.25, 0.3) is 5.91 Å². The van der Waals surface area contributed by atoms with Crippen molar-refractivity contribution in [3.8, 4) is 17.2 Å². The van der Waals surface area contributed by atoms with Crippen LogP contribution in [0.15, 0.2) is 23.2 Å². The normalized spacial score (nSPS) is 20.7. The fourth-order valence-electron chi connectivity index (χ4n) is 3.75. The average Bonchev–Trinajstić information content (AvgIpc) is 3.45. The van der Waals surface area contributed by atoms with E-state index in [4.69, 9.17) is 18.9 Å². The molecule has 30 heavy (non-hydrogen) atoms. The number of carbonyl (C=O) groups is 1. The molecule has 0 aromatic heterocycles. The standard InChI is InChI=1S/C20H28N4O5.HI/c1-21-20(22-6-12-26-15-4-5-16-18(13-15)29-14-28-16)24-9-7-23(8-10-24)19(25)17-3-2-11-27-17;/h4-5,13,17H,2-3,6-12,14H2,1H3,(H,21,22);1H. The molecule has 1 N–H and O–H groups in total. The van der Waals surface area contributed by atoms with Crippen LogP contribution in [0.5, 0.6) is 17.2 Å². The quantitative estimate of drug-likeness (QED) is 0.265. The highest BCUT2D eigenvalue weighted by molar-refractivity contribution is 14.0. The molecule has 1 atom stereocenters. The van der Waals surface area contributed by atoms with Crippen LogP contribution in [0.1, 0.15) is 12.8 Å². The molecule has 2 fully saturated rings. The van der Waals surface area contributed by atoms with Gasteiger partial charge in [-0.2, -0.15) is 0 Å². The molecule has 1 amide bonds. The Hall–Kier alpha value is -1.95. The first-order valence-electron chi connectivity index (χ1n) is 10.1. The molecule has 0 bridgehead atoms. The molecule has 0 saturated carbocycles. The van der Waals surface area contributed by atoms with Crippen LogP contribution in [0.4, 0.5) is 0 Å². The lowest BCUT2D eigenvalue weighted by atomic mass is 10.2. The number of aliphatic imine (C=N–C) groups is 1. The van der Waals surface area contributed by atoms with E-state index in [1.807, 2.05) is 23.1 Å². The van der Waals surface area contributed by atoms with E-state index in [9.17, 15) is 4.79 Å². The van der Waals surface area contributed by atoms with E-state index in [-0.39, 0.29) is 42.8 Å². The van der Waals surface area contributed by atoms with Gasteiger partial charge in [0, 0.05) is 45.9 Å². The van der Waals surface area contributed by atoms with Crippen LogP contribution in [0.3, 0.4) is 0 Å². The number of nitrogens with zero attached hydrogens (tertiary/aromatic N) is 3. The first-order chi connectivity index (χ1) is 14.2. The summed E-state index contributed by atoms with van der Waals surface area (Å²) in [7, 11) is 1.77. The third kappa shape index (κ3) is 5.39. The van der Waals surface area contributed by atoms with Crippen LogP contribution in [0.25, 0.3) is 0 Å². The number of halogens is 1. The first kappa shape index (κ1) is 22.7. The van der Waals surface area contributed by atoms with Gasteiger partial charge >= 0.3 is 0 Å². The molecule has 1 unspecified atom stereocenters. The van der Waals surface area contributed by atoms with E-state index in [2.05, 4.69) is 15.2 Å². The molecular formula is C20H29IN4O5. The molecule has 0 spiro atoms. The van der Waals surface area contributed by atoms with E-state index in [1.54, 1.807) is 7.05 Å². The van der Waals surface area contributed by atoms with Crippen LogP contribution in [0, 0.1) is 0 Å². The number of guanidine groups is 1. The van der Waals surface area contributed by atoms with Crippen molar-refractivity contribution in [3.63, 3.8) is 0 Å². The number of hydrogen-bond acceptors (Lipinski definition) is 6. The van der Waals surface area contributed by atoms with Crippen LogP contribution in [0.2, 0.25) is 0 Å². The highest BCUT2D eigenvalue weighted by Crippen LogP contribution is 2.34. The SMILES string of the molecule is CN=C(NCCOc1ccc2c(c1)OCO2)N1CCN(C(=O)C2CCCO2)CC1.I. The molecule has 3 heterocycles. The Balaban J connectivity index is 0.00000256. The van der Waals surface area contributed by atoms with Gasteiger partial charge in [0.1, 0.15) is 18.5 Å². The number of benzene rings is 1. The van der Waals surface area contributed by atoms with Crippen molar-refractivity contribution in [2.24, 2.45) is 4.99 Å². The maximum atomic E-state index is 12.5. The van der Waals surface area contributed by atoms with E-state index in [1.165, 1.54) is 0 Å². The van der Waals surface area contributed by atoms with E-state index >= 15 is 0 Å². The molecule has 0 radical (unpaired) electrons. The van der Waals surface area contributed by atoms with Gasteiger partial charge in [-0.1, -0.05) is 0 Å². The highest BCUT2D eigenvalue weighted by atomic mass is 127. The lowest BCUT2D eigenvalue weighted by Gasteiger charge is -2.37. The summed E-state index contributed by atoms with van der Waals surface area (Å²) >= 11 is 0. The Morgan fingerprint density at radius 2 is 1.97 bits per heavy atom. The summed E-state index contributed by atoms with van der Waals surface area (Å²) in [5, 5.41) is 3.33. The van der Waals surface area contributed by atoms with Gasteiger partial charge in [-0.3, -0.25) is 9.79 Å². The minimum absolute atomic E-state index is 0. The van der Waals surface area contributed by atoms with Gasteiger partial charge in [0.2, 0.25) is 6.79 Å². The molecule has 2 saturated heterocycles. The largest absolute Gasteiger partial charge is 0.492 e. The van der Waals surface area contributed by atoms with Crippen LogP contribution in [-0.4, -0.2) is 87.5 Å². The van der Waals surface area contributed by atoms with Gasteiger partial charge in [0.05, 0.1) is 6.54 Å². The zero-order valence-corrected chi connectivity index (χ0v) is 19.5. The second-order valence-corrected chi connectivity index (χ2v) is 7.15. The summed E-state index contributed by atoms with van der Waals surface area (Å²) in [5.74, 6) is 3.15. The molecular weight excluding hydrogens is 503 g/mol. The average molecular weight is 532 g/mol. The third-order valence-corrected chi connectivity index (χ3v) is 5.31. The third-order valence-electron chi connectivity index (χ3n) is 5.31. The lowest BCUT2D eigenvalue weighted by molar-refractivity contribution is -0.142. The number of nitrogens with one attached hydrogen (secondary N) is 1. The minimum atomic E-state index is -0.243. The zero-order chi connectivity index (χ0) is 20.1. The number of hydrogen-bond donors (Lipinski definition) is 1. The van der Waals surface area contributed by atoms with Crippen molar-refractivity contribution in [1.29, 1.82) is 0 Å². The summed E-state index contributed by atoms with van der Waals surface area (Å²) in [6.07, 6.45) is 1.57. The van der Waals surface area contributed by atoms with E-state index in [0.717, 1.165) is 43.4 Å². The molecule has 10 heteroatoms. The predicted molar refractivity (Wildman–Crippen MR) is 122 cm³/mol. The van der Waals surface area contributed by atoms with E-state index < -0.39 is 0 Å². The molecule has 3 aliphatic rings. The van der Waals surface area contributed by atoms with Crippen LogP contribution < -0.4 is 19.5 Å². The molecule has 3 aliphatic heterocycles. The second kappa shape index (κ2) is 10.9. The summed E-state index contributed by atoms with van der Waals surface area (Å²) in [6, 6.07) is 5.55. The summed E-state index contributed by atoms with van der Waals surface area (Å²) in [4.78, 5) is 20.9. The second-order valence-electron chi connectivity index (χ2n) is 7.15. The van der Waals surface area contributed by atoms with Crippen molar-refractivity contribution in [1.82, 2.24) is 15.1 Å². The smallest absolute Gasteiger partial charge is 0.251 e. The summed E-state index contributed by atoms with van der Waals surface area (Å²) in [6.45, 7) is 4.94. The van der Waals surface area contributed by atoms with Crippen molar-refractivity contribution in [3.05, 3.63) is 18.2 Å². The van der Waals surface area contributed by atoms with Crippen molar-refractivity contribution >= 4 is 35.8 Å². The highest BCUT2D eigenvalue weighted by Gasteiger charge is 2.30. The number of carbonyl (C=O) groups excluding carboxylic acids is 1. The topological polar surface area (TPSA) is 84.9 Å². The number of rotatable bonds is 5. The Kier molecular flexibility index (Phi) is 8.25. The summed E-state index contributed by atoms with van der Waals surface area (Å²) in [5.41, 5.74) is 0. The van der Waals surface area contributed by atoms with Gasteiger partial charge in [-0.15, -0.1) is 24.0 Å². The molecule has 1 aromatic carbocycles. The Labute approximate surface area is 193 Å². The fourth-order valence-corrected chi connectivity index (χ4v) is 3.75. The number of ether oxygens (including phenoxy) is 4. The van der Waals surface area contributed by atoms with Crippen LogP contribution in [-0.2, 0) is 9.53 Å². The number of piperazine rings is 1. The first-order valence-corrected chi connectivity index (χ1v) is 10.1. The lowest BCUT2D eigenvalue weighted by Crippen LogP contribution is -2.55. The molecule has 0 aliphatic carbocycles. The fraction of sp³-hybridized carbons (Fsp3) is 0.600. The zero-order valence-electron chi connectivity index (χ0n) is 17.2. The Morgan fingerprint density at radius 3 is 2.70 bits per heavy atom. The Morgan fingerprint density at radius 1 is 1.20 bits per heavy atom. The van der Waals surface area contributed by atoms with Crippen molar-refractivity contribution in [2.75, 3.05) is 59.8 Å². The molecule has 1 aromatic rings. The maximum absolute atomic E-state index is 12.5. The number of amides is 1. The predicted octanol–water partition coefficient (Wildman–Crippen LogP) is 1.31. The monoisotopic (exact) mass is 532 g/mol. The molecule has 166 valence electrons.